The molecule has 0 fully saturated rings. The molecule has 1 aromatic carbocycles. The average Bonchev–Trinajstić information content (AvgIpc) is 2.94. The van der Waals surface area contributed by atoms with Gasteiger partial charge in [0.15, 0.2) is 11.6 Å². The van der Waals surface area contributed by atoms with Gasteiger partial charge < -0.3 is 10.3 Å². The van der Waals surface area contributed by atoms with E-state index < -0.39 is 17.7 Å². The lowest BCUT2D eigenvalue weighted by atomic mass is 10.1. The highest BCUT2D eigenvalue weighted by atomic mass is 19.2. The van der Waals surface area contributed by atoms with E-state index in [4.69, 9.17) is 5.73 Å². The predicted molar refractivity (Wildman–Crippen MR) is 72.7 cm³/mol. The van der Waals surface area contributed by atoms with E-state index in [9.17, 15) is 13.6 Å². The van der Waals surface area contributed by atoms with Crippen molar-refractivity contribution in [2.75, 3.05) is 0 Å². The normalized spacial score (nSPS) is 12.7. The van der Waals surface area contributed by atoms with Crippen molar-refractivity contribution >= 4 is 5.52 Å². The molecule has 108 valence electrons. The molecule has 5 nitrogen and oxygen atoms in total. The maximum Gasteiger partial charge on any atom is 0.276 e. The van der Waals surface area contributed by atoms with Crippen LogP contribution in [0.1, 0.15) is 11.6 Å². The first-order chi connectivity index (χ1) is 10.1. The van der Waals surface area contributed by atoms with Gasteiger partial charge in [0, 0.05) is 25.0 Å². The Labute approximate surface area is 118 Å². The molecule has 21 heavy (non-hydrogen) atoms. The van der Waals surface area contributed by atoms with E-state index in [0.717, 1.165) is 12.1 Å². The Bertz CT molecular complexity index is 856. The fraction of sp³-hybridized carbons (Fsp3) is 0.143. The summed E-state index contributed by atoms with van der Waals surface area (Å²) in [5.41, 5.74) is 6.57. The van der Waals surface area contributed by atoms with Gasteiger partial charge in [-0.3, -0.25) is 4.79 Å². The number of hydrogen-bond donors (Lipinski definition) is 1. The zero-order valence-corrected chi connectivity index (χ0v) is 10.9. The van der Waals surface area contributed by atoms with Crippen molar-refractivity contribution in [2.24, 2.45) is 5.73 Å². The summed E-state index contributed by atoms with van der Waals surface area (Å²) in [5.74, 6) is -1.88. The highest BCUT2D eigenvalue weighted by Gasteiger charge is 2.12. The quantitative estimate of drug-likeness (QED) is 0.794. The Morgan fingerprint density at radius 3 is 2.76 bits per heavy atom. The third-order valence-electron chi connectivity index (χ3n) is 3.30. The molecule has 0 aliphatic carbocycles. The molecule has 3 rings (SSSR count). The molecule has 0 spiro atoms. The number of aromatic nitrogens is 3. The minimum absolute atomic E-state index is 0.158. The van der Waals surface area contributed by atoms with E-state index in [1.807, 2.05) is 0 Å². The van der Waals surface area contributed by atoms with Gasteiger partial charge in [-0.15, -0.1) is 0 Å². The van der Waals surface area contributed by atoms with Crippen LogP contribution in [0.4, 0.5) is 8.78 Å². The first-order valence-electron chi connectivity index (χ1n) is 6.29. The maximum atomic E-state index is 13.2. The third-order valence-corrected chi connectivity index (χ3v) is 3.30. The van der Waals surface area contributed by atoms with Crippen molar-refractivity contribution in [3.05, 3.63) is 70.4 Å². The van der Waals surface area contributed by atoms with E-state index in [-0.39, 0.29) is 12.1 Å². The minimum Gasteiger partial charge on any atom is -0.322 e. The molecule has 0 saturated carbocycles. The molecule has 0 bridgehead atoms. The fourth-order valence-corrected chi connectivity index (χ4v) is 2.16. The second-order valence-electron chi connectivity index (χ2n) is 4.70. The number of hydrogen-bond acceptors (Lipinski definition) is 3. The summed E-state index contributed by atoms with van der Waals surface area (Å²) < 4.78 is 29.0. The van der Waals surface area contributed by atoms with Crippen LogP contribution in [-0.4, -0.2) is 14.2 Å². The van der Waals surface area contributed by atoms with Gasteiger partial charge in [-0.05, 0) is 23.8 Å². The smallest absolute Gasteiger partial charge is 0.276 e. The number of fused-ring (bicyclic) bond motifs is 1. The van der Waals surface area contributed by atoms with Gasteiger partial charge in [0.1, 0.15) is 5.52 Å². The van der Waals surface area contributed by atoms with Gasteiger partial charge >= 0.3 is 0 Å². The number of rotatable bonds is 3. The van der Waals surface area contributed by atoms with Crippen molar-refractivity contribution in [1.82, 2.24) is 14.2 Å². The Balaban J connectivity index is 1.92. The van der Waals surface area contributed by atoms with Crippen LogP contribution in [0.15, 0.2) is 47.7 Å². The lowest BCUT2D eigenvalue weighted by molar-refractivity contribution is 0.500. The number of benzene rings is 1. The molecule has 2 N–H and O–H groups in total. The summed E-state index contributed by atoms with van der Waals surface area (Å²) in [6.07, 6.45) is 4.72. The van der Waals surface area contributed by atoms with E-state index in [1.165, 1.54) is 21.3 Å². The van der Waals surface area contributed by atoms with Crippen molar-refractivity contribution in [1.29, 1.82) is 0 Å². The standard InChI is InChI=1S/C14H12F2N4O/c15-10-2-1-9(7-11(10)16)12(17)8-19-5-6-20-13(14(19)21)3-4-18-20/h1-7,12H,8,17H2. The van der Waals surface area contributed by atoms with E-state index in [0.29, 0.717) is 11.1 Å². The summed E-state index contributed by atoms with van der Waals surface area (Å²) in [7, 11) is 0. The van der Waals surface area contributed by atoms with Crippen LogP contribution in [0.5, 0.6) is 0 Å². The summed E-state index contributed by atoms with van der Waals surface area (Å²) in [6.45, 7) is 0.158. The van der Waals surface area contributed by atoms with Gasteiger partial charge in [0.2, 0.25) is 0 Å². The van der Waals surface area contributed by atoms with Crippen LogP contribution >= 0.6 is 0 Å². The van der Waals surface area contributed by atoms with Gasteiger partial charge in [-0.1, -0.05) is 6.07 Å². The van der Waals surface area contributed by atoms with Crippen molar-refractivity contribution in [3.63, 3.8) is 0 Å². The first-order valence-corrected chi connectivity index (χ1v) is 6.29. The van der Waals surface area contributed by atoms with Crippen LogP contribution in [0, 0.1) is 11.6 Å². The van der Waals surface area contributed by atoms with Crippen molar-refractivity contribution < 1.29 is 8.78 Å². The Kier molecular flexibility index (Phi) is 3.26. The summed E-state index contributed by atoms with van der Waals surface area (Å²) in [5, 5.41) is 3.96. The van der Waals surface area contributed by atoms with Crippen LogP contribution in [0.25, 0.3) is 5.52 Å². The molecule has 2 aromatic heterocycles. The van der Waals surface area contributed by atoms with Crippen molar-refractivity contribution in [3.8, 4) is 0 Å². The minimum atomic E-state index is -0.957. The molecule has 0 aliphatic rings. The molecule has 1 atom stereocenters. The topological polar surface area (TPSA) is 65.3 Å². The van der Waals surface area contributed by atoms with E-state index in [1.54, 1.807) is 18.5 Å². The van der Waals surface area contributed by atoms with Crippen molar-refractivity contribution in [2.45, 2.75) is 12.6 Å². The summed E-state index contributed by atoms with van der Waals surface area (Å²) >= 11 is 0. The van der Waals surface area contributed by atoms with Gasteiger partial charge in [0.25, 0.3) is 5.56 Å². The molecule has 0 aliphatic heterocycles. The van der Waals surface area contributed by atoms with Gasteiger partial charge in [-0.25, -0.2) is 13.3 Å². The Morgan fingerprint density at radius 2 is 2.00 bits per heavy atom. The highest BCUT2D eigenvalue weighted by Crippen LogP contribution is 2.15. The van der Waals surface area contributed by atoms with Gasteiger partial charge in [-0.2, -0.15) is 5.10 Å². The Morgan fingerprint density at radius 1 is 1.19 bits per heavy atom. The van der Waals surface area contributed by atoms with E-state index in [2.05, 4.69) is 5.10 Å². The van der Waals surface area contributed by atoms with Gasteiger partial charge in [0.05, 0.1) is 6.20 Å². The molecule has 7 heteroatoms. The highest BCUT2D eigenvalue weighted by molar-refractivity contribution is 5.42. The van der Waals surface area contributed by atoms with Crippen LogP contribution in [-0.2, 0) is 6.54 Å². The van der Waals surface area contributed by atoms with Crippen LogP contribution in [0.2, 0.25) is 0 Å². The molecule has 1 unspecified atom stereocenters. The zero-order chi connectivity index (χ0) is 15.0. The molecule has 0 saturated heterocycles. The fourth-order valence-electron chi connectivity index (χ4n) is 2.16. The number of nitrogens with zero attached hydrogens (tertiary/aromatic N) is 3. The van der Waals surface area contributed by atoms with Crippen LogP contribution in [0.3, 0.4) is 0 Å². The average molecular weight is 290 g/mol. The summed E-state index contributed by atoms with van der Waals surface area (Å²) in [6, 6.07) is 4.45. The Hall–Kier alpha value is -2.54. The van der Waals surface area contributed by atoms with E-state index >= 15 is 0 Å². The maximum absolute atomic E-state index is 13.2. The number of nitrogens with two attached hydrogens (primary N) is 1. The lowest BCUT2D eigenvalue weighted by Crippen LogP contribution is -2.27. The SMILES string of the molecule is NC(Cn1ccn2nccc2c1=O)c1ccc(F)c(F)c1. The summed E-state index contributed by atoms with van der Waals surface area (Å²) in [4.78, 5) is 12.2. The molecule has 0 amide bonds. The lowest BCUT2D eigenvalue weighted by Gasteiger charge is -2.14. The first kappa shape index (κ1) is 13.4. The predicted octanol–water partition coefficient (Wildman–Crippen LogP) is 1.47. The molecule has 3 aromatic rings. The molecule has 2 heterocycles. The zero-order valence-electron chi connectivity index (χ0n) is 10.9. The molecular weight excluding hydrogens is 278 g/mol. The monoisotopic (exact) mass is 290 g/mol. The number of halogens is 2. The molecule has 0 radical (unpaired) electrons. The van der Waals surface area contributed by atoms with Crippen LogP contribution < -0.4 is 11.3 Å². The second-order valence-corrected chi connectivity index (χ2v) is 4.70. The largest absolute Gasteiger partial charge is 0.322 e. The third kappa shape index (κ3) is 2.43. The second kappa shape index (κ2) is 5.10. The molecular formula is C14H12F2N4O.